The summed E-state index contributed by atoms with van der Waals surface area (Å²) in [7, 11) is 0. The van der Waals surface area contributed by atoms with Crippen LogP contribution >= 0.6 is 0 Å². The molecule has 6 nitrogen and oxygen atoms in total. The molecule has 1 unspecified atom stereocenters. The minimum absolute atomic E-state index is 0.0783. The molecule has 1 aromatic heterocycles. The Hall–Kier alpha value is -2.21. The van der Waals surface area contributed by atoms with Crippen LogP contribution < -0.4 is 4.74 Å². The minimum atomic E-state index is -0.459. The first-order chi connectivity index (χ1) is 10.3. The first kappa shape index (κ1) is 13.8. The van der Waals surface area contributed by atoms with Gasteiger partial charge in [-0.3, -0.25) is 4.79 Å². The molecule has 1 atom stereocenters. The van der Waals surface area contributed by atoms with Crippen molar-refractivity contribution >= 4 is 5.78 Å². The molecule has 2 aromatic rings. The van der Waals surface area contributed by atoms with Gasteiger partial charge in [-0.25, -0.2) is 0 Å². The Kier molecular flexibility index (Phi) is 3.96. The number of para-hydroxylation sites is 1. The normalized spacial score (nSPS) is 18.7. The predicted molar refractivity (Wildman–Crippen MR) is 74.1 cm³/mol. The highest BCUT2D eigenvalue weighted by Crippen LogP contribution is 2.29. The van der Waals surface area contributed by atoms with Gasteiger partial charge in [-0.2, -0.15) is 4.98 Å². The maximum Gasteiger partial charge on any atom is 0.239 e. The summed E-state index contributed by atoms with van der Waals surface area (Å²) in [4.78, 5) is 16.2. The molecule has 1 aliphatic rings. The van der Waals surface area contributed by atoms with Crippen LogP contribution in [0.3, 0.4) is 0 Å². The monoisotopic (exact) mass is 288 g/mol. The molecule has 110 valence electrons. The third-order valence-electron chi connectivity index (χ3n) is 3.33. The fourth-order valence-corrected chi connectivity index (χ4v) is 2.27. The fourth-order valence-electron chi connectivity index (χ4n) is 2.27. The van der Waals surface area contributed by atoms with Crippen molar-refractivity contribution in [1.82, 2.24) is 10.1 Å². The lowest BCUT2D eigenvalue weighted by atomic mass is 10.0. The molecule has 21 heavy (non-hydrogen) atoms. The summed E-state index contributed by atoms with van der Waals surface area (Å²) >= 11 is 0. The quantitative estimate of drug-likeness (QED) is 0.858. The van der Waals surface area contributed by atoms with Crippen molar-refractivity contribution in [3.63, 3.8) is 0 Å². The lowest BCUT2D eigenvalue weighted by Crippen LogP contribution is -2.25. The Morgan fingerprint density at radius 3 is 3.05 bits per heavy atom. The van der Waals surface area contributed by atoms with E-state index >= 15 is 0 Å². The number of rotatable bonds is 4. The van der Waals surface area contributed by atoms with E-state index in [-0.39, 0.29) is 5.78 Å². The smallest absolute Gasteiger partial charge is 0.239 e. The summed E-state index contributed by atoms with van der Waals surface area (Å²) in [6.45, 7) is 3.23. The van der Waals surface area contributed by atoms with Gasteiger partial charge in [0.25, 0.3) is 0 Å². The summed E-state index contributed by atoms with van der Waals surface area (Å²) in [6.07, 6.45) is 0.387. The molecule has 6 heteroatoms. The zero-order valence-electron chi connectivity index (χ0n) is 11.7. The molecule has 0 saturated carbocycles. The highest BCUT2D eigenvalue weighted by molar-refractivity contribution is 5.85. The highest BCUT2D eigenvalue weighted by Gasteiger charge is 2.30. The number of benzene rings is 1. The third kappa shape index (κ3) is 2.80. The first-order valence-corrected chi connectivity index (χ1v) is 6.96. The van der Waals surface area contributed by atoms with Gasteiger partial charge >= 0.3 is 0 Å². The Morgan fingerprint density at radius 2 is 2.24 bits per heavy atom. The Balaban J connectivity index is 1.89. The van der Waals surface area contributed by atoms with E-state index in [2.05, 4.69) is 10.1 Å². The van der Waals surface area contributed by atoms with Crippen LogP contribution in [0.15, 0.2) is 28.8 Å². The maximum atomic E-state index is 11.9. The number of hydrogen-bond donors (Lipinski definition) is 0. The average Bonchev–Trinajstić information content (AvgIpc) is 2.98. The summed E-state index contributed by atoms with van der Waals surface area (Å²) in [5, 5.41) is 3.97. The molecule has 1 aliphatic heterocycles. The number of aromatic nitrogens is 2. The van der Waals surface area contributed by atoms with Crippen LogP contribution in [-0.2, 0) is 9.53 Å². The summed E-state index contributed by atoms with van der Waals surface area (Å²) in [5.41, 5.74) is 0.749. The van der Waals surface area contributed by atoms with Crippen LogP contribution in [0.1, 0.15) is 25.2 Å². The molecule has 2 heterocycles. The van der Waals surface area contributed by atoms with E-state index in [1.807, 2.05) is 31.2 Å². The van der Waals surface area contributed by atoms with Crippen LogP contribution in [0.5, 0.6) is 5.75 Å². The van der Waals surface area contributed by atoms with Gasteiger partial charge in [0.15, 0.2) is 0 Å². The van der Waals surface area contributed by atoms with Crippen LogP contribution in [0, 0.1) is 0 Å². The number of carbonyl (C=O) groups excluding carboxylic acids is 1. The van der Waals surface area contributed by atoms with Gasteiger partial charge in [-0.15, -0.1) is 0 Å². The van der Waals surface area contributed by atoms with Crippen molar-refractivity contribution in [3.8, 4) is 17.1 Å². The van der Waals surface area contributed by atoms with Gasteiger partial charge in [0.2, 0.25) is 11.7 Å². The van der Waals surface area contributed by atoms with Crippen molar-refractivity contribution in [2.24, 2.45) is 0 Å². The van der Waals surface area contributed by atoms with E-state index in [4.69, 9.17) is 14.0 Å². The van der Waals surface area contributed by atoms with Crippen molar-refractivity contribution in [3.05, 3.63) is 30.2 Å². The number of hydrogen-bond acceptors (Lipinski definition) is 6. The molecule has 3 rings (SSSR count). The second-order valence-corrected chi connectivity index (χ2v) is 4.73. The number of ether oxygens (including phenoxy) is 2. The van der Waals surface area contributed by atoms with Crippen LogP contribution in [0.4, 0.5) is 0 Å². The SMILES string of the molecule is CCOc1ccccc1-c1noc(C2COCCC2=O)n1. The number of ketones is 1. The van der Waals surface area contributed by atoms with Gasteiger partial charge in [0.05, 0.1) is 25.4 Å². The Labute approximate surface area is 122 Å². The Morgan fingerprint density at radius 1 is 1.38 bits per heavy atom. The highest BCUT2D eigenvalue weighted by atomic mass is 16.5. The van der Waals surface area contributed by atoms with Crippen LogP contribution in [0.2, 0.25) is 0 Å². The van der Waals surface area contributed by atoms with Gasteiger partial charge < -0.3 is 14.0 Å². The fraction of sp³-hybridized carbons (Fsp3) is 0.400. The van der Waals surface area contributed by atoms with E-state index in [1.54, 1.807) is 0 Å². The van der Waals surface area contributed by atoms with E-state index in [0.29, 0.717) is 43.7 Å². The van der Waals surface area contributed by atoms with Crippen molar-refractivity contribution in [1.29, 1.82) is 0 Å². The van der Waals surface area contributed by atoms with Gasteiger partial charge in [-0.1, -0.05) is 17.3 Å². The molecule has 0 aliphatic carbocycles. The topological polar surface area (TPSA) is 74.5 Å². The summed E-state index contributed by atoms with van der Waals surface area (Å²) < 4.78 is 16.1. The lowest BCUT2D eigenvalue weighted by Gasteiger charge is -2.17. The van der Waals surface area contributed by atoms with E-state index < -0.39 is 5.92 Å². The molecule has 0 spiro atoms. The predicted octanol–water partition coefficient (Wildman–Crippen LogP) is 2.21. The second kappa shape index (κ2) is 6.05. The van der Waals surface area contributed by atoms with Crippen LogP contribution in [0.25, 0.3) is 11.4 Å². The van der Waals surface area contributed by atoms with Crippen LogP contribution in [-0.4, -0.2) is 35.7 Å². The largest absolute Gasteiger partial charge is 0.493 e. The number of Topliss-reactive ketones (excluding diaryl/α,β-unsaturated/α-hetero) is 1. The zero-order valence-corrected chi connectivity index (χ0v) is 11.7. The Bertz CT molecular complexity index is 638. The summed E-state index contributed by atoms with van der Waals surface area (Å²) in [6, 6.07) is 7.47. The van der Waals surface area contributed by atoms with Crippen molar-refractivity contribution in [2.75, 3.05) is 19.8 Å². The maximum absolute atomic E-state index is 11.9. The molecular formula is C15H16N2O4. The number of carbonyl (C=O) groups is 1. The standard InChI is InChI=1S/C15H16N2O4/c1-2-20-13-6-4-3-5-10(13)14-16-15(21-17-14)11-9-19-8-7-12(11)18/h3-6,11H,2,7-9H2,1H3. The molecule has 0 bridgehead atoms. The molecule has 1 fully saturated rings. The first-order valence-electron chi connectivity index (χ1n) is 6.96. The number of nitrogens with zero attached hydrogens (tertiary/aromatic N) is 2. The van der Waals surface area contributed by atoms with E-state index in [1.165, 1.54) is 0 Å². The van der Waals surface area contributed by atoms with Gasteiger partial charge in [-0.05, 0) is 19.1 Å². The summed E-state index contributed by atoms with van der Waals surface area (Å²) in [5.74, 6) is 1.04. The molecule has 1 saturated heterocycles. The average molecular weight is 288 g/mol. The lowest BCUT2D eigenvalue weighted by molar-refractivity contribution is -0.127. The molecular weight excluding hydrogens is 272 g/mol. The molecule has 0 radical (unpaired) electrons. The molecule has 1 aromatic carbocycles. The van der Waals surface area contributed by atoms with E-state index in [9.17, 15) is 4.79 Å². The van der Waals surface area contributed by atoms with E-state index in [0.717, 1.165) is 5.56 Å². The third-order valence-corrected chi connectivity index (χ3v) is 3.33. The zero-order chi connectivity index (χ0) is 14.7. The molecule has 0 amide bonds. The van der Waals surface area contributed by atoms with Crippen molar-refractivity contribution < 1.29 is 18.8 Å². The molecule has 0 N–H and O–H groups in total. The second-order valence-electron chi connectivity index (χ2n) is 4.73. The van der Waals surface area contributed by atoms with Gasteiger partial charge in [0.1, 0.15) is 17.5 Å². The van der Waals surface area contributed by atoms with Crippen molar-refractivity contribution in [2.45, 2.75) is 19.3 Å². The van der Waals surface area contributed by atoms with Gasteiger partial charge in [0, 0.05) is 6.42 Å². The minimum Gasteiger partial charge on any atom is -0.493 e.